The van der Waals surface area contributed by atoms with Crippen LogP contribution in [0.3, 0.4) is 0 Å². The minimum atomic E-state index is -0.249. The normalized spacial score (nSPS) is 21.8. The maximum absolute atomic E-state index is 13.7. The van der Waals surface area contributed by atoms with Gasteiger partial charge in [-0.05, 0) is 69.3 Å². The van der Waals surface area contributed by atoms with E-state index < -0.39 is 0 Å². The first-order valence-electron chi connectivity index (χ1n) is 11.0. The molecule has 1 aromatic carbocycles. The quantitative estimate of drug-likeness (QED) is 0.669. The van der Waals surface area contributed by atoms with Gasteiger partial charge in [-0.3, -0.25) is 9.69 Å². The van der Waals surface area contributed by atoms with Gasteiger partial charge in [-0.2, -0.15) is 0 Å². The molecule has 0 N–H and O–H groups in total. The van der Waals surface area contributed by atoms with Gasteiger partial charge in [-0.25, -0.2) is 9.37 Å². The fourth-order valence-electron chi connectivity index (χ4n) is 5.13. The Morgan fingerprint density at radius 2 is 2.07 bits per heavy atom. The van der Waals surface area contributed by atoms with Crippen LogP contribution < -0.4 is 0 Å². The number of thiazole rings is 1. The maximum Gasteiger partial charge on any atom is 0.229 e. The molecule has 30 heavy (non-hydrogen) atoms. The van der Waals surface area contributed by atoms with Crippen molar-refractivity contribution in [2.75, 3.05) is 19.6 Å². The van der Waals surface area contributed by atoms with E-state index in [2.05, 4.69) is 34.0 Å². The molecule has 0 saturated carbocycles. The Labute approximate surface area is 183 Å². The van der Waals surface area contributed by atoms with E-state index in [4.69, 9.17) is 0 Å². The number of aromatic nitrogens is 1. The average molecular weight is 430 g/mol. The molecular weight excluding hydrogens is 397 g/mol. The zero-order chi connectivity index (χ0) is 21.3. The summed E-state index contributed by atoms with van der Waals surface area (Å²) in [6.07, 6.45) is 3.44. The van der Waals surface area contributed by atoms with Gasteiger partial charge in [0.1, 0.15) is 5.82 Å². The van der Waals surface area contributed by atoms with E-state index in [1.165, 1.54) is 6.07 Å². The summed E-state index contributed by atoms with van der Waals surface area (Å²) in [5.41, 5.74) is 1.87. The van der Waals surface area contributed by atoms with Crippen molar-refractivity contribution >= 4 is 17.2 Å². The number of carbonyl (C=O) groups is 1. The molecule has 0 radical (unpaired) electrons. The molecule has 4 nitrogen and oxygen atoms in total. The highest BCUT2D eigenvalue weighted by Crippen LogP contribution is 2.45. The van der Waals surface area contributed by atoms with Crippen molar-refractivity contribution < 1.29 is 9.18 Å². The lowest BCUT2D eigenvalue weighted by atomic mass is 9.75. The predicted molar refractivity (Wildman–Crippen MR) is 119 cm³/mol. The minimum absolute atomic E-state index is 0.162. The standard InChI is InChI=1S/C24H32FN3OS/c1-17(2)14-28-22(12-19-5-4-6-20(25)11-19)13-24(23(28)29)7-9-27(10-8-24)15-21-16-30-18(3)26-21/h4-6,11,16-17,22H,7-10,12-15H2,1-3H3. The van der Waals surface area contributed by atoms with E-state index in [9.17, 15) is 9.18 Å². The zero-order valence-electron chi connectivity index (χ0n) is 18.2. The van der Waals surface area contributed by atoms with Gasteiger partial charge in [-0.15, -0.1) is 11.3 Å². The number of rotatable bonds is 6. The van der Waals surface area contributed by atoms with Crippen LogP contribution in [0.1, 0.15) is 49.4 Å². The fourth-order valence-corrected chi connectivity index (χ4v) is 5.73. The van der Waals surface area contributed by atoms with Crippen molar-refractivity contribution in [3.8, 4) is 0 Å². The second kappa shape index (κ2) is 8.75. The van der Waals surface area contributed by atoms with Gasteiger partial charge in [0.2, 0.25) is 5.91 Å². The average Bonchev–Trinajstić information content (AvgIpc) is 3.20. The number of hydrogen-bond donors (Lipinski definition) is 0. The molecule has 2 aromatic rings. The molecule has 2 fully saturated rings. The van der Waals surface area contributed by atoms with E-state index in [0.717, 1.165) is 68.1 Å². The summed E-state index contributed by atoms with van der Waals surface area (Å²) in [6.45, 7) is 9.89. The molecule has 2 saturated heterocycles. The van der Waals surface area contributed by atoms with Gasteiger partial charge in [-0.1, -0.05) is 26.0 Å². The van der Waals surface area contributed by atoms with Crippen LogP contribution in [0.25, 0.3) is 0 Å². The van der Waals surface area contributed by atoms with Crippen molar-refractivity contribution in [1.82, 2.24) is 14.8 Å². The zero-order valence-corrected chi connectivity index (χ0v) is 19.1. The number of likely N-dealkylation sites (tertiary alicyclic amines) is 2. The molecular formula is C24H32FN3OS. The first-order valence-corrected chi connectivity index (χ1v) is 11.9. The van der Waals surface area contributed by atoms with Crippen LogP contribution in [-0.2, 0) is 17.8 Å². The number of aryl methyl sites for hydroxylation is 1. The third kappa shape index (κ3) is 4.59. The molecule has 4 rings (SSSR count). The van der Waals surface area contributed by atoms with Crippen LogP contribution in [0.15, 0.2) is 29.6 Å². The maximum atomic E-state index is 13.7. The first-order chi connectivity index (χ1) is 14.3. The summed E-state index contributed by atoms with van der Waals surface area (Å²) in [5, 5.41) is 3.24. The minimum Gasteiger partial charge on any atom is -0.339 e. The smallest absolute Gasteiger partial charge is 0.229 e. The van der Waals surface area contributed by atoms with Gasteiger partial charge in [0.15, 0.2) is 0 Å². The number of hydrogen-bond acceptors (Lipinski definition) is 4. The molecule has 2 aliphatic heterocycles. The molecule has 1 atom stereocenters. The van der Waals surface area contributed by atoms with Gasteiger partial charge >= 0.3 is 0 Å². The molecule has 1 amide bonds. The lowest BCUT2D eigenvalue weighted by molar-refractivity contribution is -0.139. The van der Waals surface area contributed by atoms with E-state index in [1.54, 1.807) is 23.5 Å². The number of benzene rings is 1. The molecule has 6 heteroatoms. The molecule has 162 valence electrons. The second-order valence-electron chi connectivity index (χ2n) is 9.46. The van der Waals surface area contributed by atoms with Crippen molar-refractivity contribution in [3.05, 3.63) is 51.7 Å². The van der Waals surface area contributed by atoms with E-state index >= 15 is 0 Å². The van der Waals surface area contributed by atoms with Crippen LogP contribution >= 0.6 is 11.3 Å². The largest absolute Gasteiger partial charge is 0.339 e. The first kappa shape index (κ1) is 21.4. The van der Waals surface area contributed by atoms with Crippen molar-refractivity contribution in [2.24, 2.45) is 11.3 Å². The Morgan fingerprint density at radius 1 is 1.30 bits per heavy atom. The van der Waals surface area contributed by atoms with E-state index in [-0.39, 0.29) is 17.3 Å². The highest BCUT2D eigenvalue weighted by molar-refractivity contribution is 7.09. The summed E-state index contributed by atoms with van der Waals surface area (Å²) in [4.78, 5) is 22.7. The number of carbonyl (C=O) groups excluding carboxylic acids is 1. The summed E-state index contributed by atoms with van der Waals surface area (Å²) >= 11 is 1.69. The van der Waals surface area contributed by atoms with Crippen LogP contribution in [-0.4, -0.2) is 46.4 Å². The monoisotopic (exact) mass is 429 g/mol. The summed E-state index contributed by atoms with van der Waals surface area (Å²) in [7, 11) is 0. The molecule has 1 aromatic heterocycles. The van der Waals surface area contributed by atoms with Crippen LogP contribution in [0.2, 0.25) is 0 Å². The highest BCUT2D eigenvalue weighted by Gasteiger charge is 2.52. The number of piperidine rings is 1. The summed E-state index contributed by atoms with van der Waals surface area (Å²) < 4.78 is 13.7. The summed E-state index contributed by atoms with van der Waals surface area (Å²) in [5.74, 6) is 0.543. The molecule has 2 aliphatic rings. The number of amides is 1. The lowest BCUT2D eigenvalue weighted by Crippen LogP contribution is -2.45. The van der Waals surface area contributed by atoms with Crippen molar-refractivity contribution in [2.45, 2.75) is 59.0 Å². The van der Waals surface area contributed by atoms with Crippen LogP contribution in [0.4, 0.5) is 4.39 Å². The fraction of sp³-hybridized carbons (Fsp3) is 0.583. The second-order valence-corrected chi connectivity index (χ2v) is 10.5. The Morgan fingerprint density at radius 3 is 2.70 bits per heavy atom. The van der Waals surface area contributed by atoms with E-state index in [0.29, 0.717) is 11.8 Å². The van der Waals surface area contributed by atoms with Gasteiger partial charge in [0.05, 0.1) is 16.1 Å². The van der Waals surface area contributed by atoms with Gasteiger partial charge < -0.3 is 4.90 Å². The third-order valence-corrected chi connectivity index (χ3v) is 7.39. The number of halogens is 1. The van der Waals surface area contributed by atoms with Gasteiger partial charge in [0, 0.05) is 24.5 Å². The predicted octanol–water partition coefficient (Wildman–Crippen LogP) is 4.67. The molecule has 0 bridgehead atoms. The Bertz CT molecular complexity index is 888. The Kier molecular flexibility index (Phi) is 6.26. The molecule has 1 spiro atoms. The molecule has 0 aliphatic carbocycles. The van der Waals surface area contributed by atoms with Crippen LogP contribution in [0.5, 0.6) is 0 Å². The molecule has 1 unspecified atom stereocenters. The van der Waals surface area contributed by atoms with Crippen molar-refractivity contribution in [1.29, 1.82) is 0 Å². The lowest BCUT2D eigenvalue weighted by Gasteiger charge is -2.37. The third-order valence-electron chi connectivity index (χ3n) is 6.57. The van der Waals surface area contributed by atoms with E-state index in [1.807, 2.05) is 13.0 Å². The highest BCUT2D eigenvalue weighted by atomic mass is 32.1. The Hall–Kier alpha value is -1.79. The van der Waals surface area contributed by atoms with Crippen LogP contribution in [0, 0.1) is 24.1 Å². The van der Waals surface area contributed by atoms with Gasteiger partial charge in [0.25, 0.3) is 0 Å². The van der Waals surface area contributed by atoms with Crippen molar-refractivity contribution in [3.63, 3.8) is 0 Å². The summed E-state index contributed by atoms with van der Waals surface area (Å²) in [6, 6.07) is 7.00. The number of nitrogens with zero attached hydrogens (tertiary/aromatic N) is 3. The SMILES string of the molecule is Cc1nc(CN2CCC3(CC2)CC(Cc2cccc(F)c2)N(CC(C)C)C3=O)cs1. The Balaban J connectivity index is 1.46. The topological polar surface area (TPSA) is 36.4 Å². The molecule has 3 heterocycles.